The summed E-state index contributed by atoms with van der Waals surface area (Å²) in [6.07, 6.45) is 3.00. The topological polar surface area (TPSA) is 69.6 Å². The van der Waals surface area contributed by atoms with Crippen molar-refractivity contribution in [3.8, 4) is 0 Å². The van der Waals surface area contributed by atoms with Gasteiger partial charge in [-0.15, -0.1) is 0 Å². The molecule has 1 saturated carbocycles. The van der Waals surface area contributed by atoms with E-state index in [9.17, 15) is 14.7 Å². The molecule has 2 amide bonds. The highest BCUT2D eigenvalue weighted by Gasteiger charge is 2.44. The molecular weight excluding hydrogens is 220 g/mol. The Bertz CT molecular complexity index is 333. The van der Waals surface area contributed by atoms with Crippen LogP contribution in [0.3, 0.4) is 0 Å². The van der Waals surface area contributed by atoms with Crippen LogP contribution in [0.5, 0.6) is 0 Å². The lowest BCUT2D eigenvalue weighted by atomic mass is 9.87. The molecule has 0 bridgehead atoms. The van der Waals surface area contributed by atoms with Gasteiger partial charge in [0.15, 0.2) is 0 Å². The van der Waals surface area contributed by atoms with Crippen LogP contribution in [0.25, 0.3) is 0 Å². The van der Waals surface area contributed by atoms with Gasteiger partial charge in [0.25, 0.3) is 0 Å². The van der Waals surface area contributed by atoms with Crippen molar-refractivity contribution < 1.29 is 14.7 Å². The number of carbonyl (C=O) groups excluding carboxylic acids is 2. The van der Waals surface area contributed by atoms with E-state index in [0.717, 1.165) is 25.7 Å². The van der Waals surface area contributed by atoms with Crippen LogP contribution >= 0.6 is 0 Å². The average molecular weight is 240 g/mol. The summed E-state index contributed by atoms with van der Waals surface area (Å²) in [6.45, 7) is 3.97. The second kappa shape index (κ2) is 4.38. The van der Waals surface area contributed by atoms with Crippen LogP contribution in [-0.4, -0.2) is 46.1 Å². The zero-order valence-electron chi connectivity index (χ0n) is 10.4. The number of hydrogen-bond acceptors (Lipinski definition) is 4. The van der Waals surface area contributed by atoms with Gasteiger partial charge in [-0.1, -0.05) is 0 Å². The predicted octanol–water partition coefficient (Wildman–Crippen LogP) is 0.0269. The van der Waals surface area contributed by atoms with Crippen LogP contribution < -0.4 is 5.32 Å². The van der Waals surface area contributed by atoms with Crippen LogP contribution in [0.1, 0.15) is 39.5 Å². The smallest absolute Gasteiger partial charge is 0.246 e. The summed E-state index contributed by atoms with van der Waals surface area (Å²) >= 11 is 0. The first-order valence-electron chi connectivity index (χ1n) is 6.20. The molecule has 2 fully saturated rings. The maximum atomic E-state index is 11.8. The van der Waals surface area contributed by atoms with Gasteiger partial charge >= 0.3 is 0 Å². The molecule has 17 heavy (non-hydrogen) atoms. The second-order valence-corrected chi connectivity index (χ2v) is 5.53. The highest BCUT2D eigenvalue weighted by atomic mass is 16.3. The summed E-state index contributed by atoms with van der Waals surface area (Å²) in [4.78, 5) is 25.3. The number of nitrogens with one attached hydrogen (secondary N) is 1. The summed E-state index contributed by atoms with van der Waals surface area (Å²) < 4.78 is 0. The minimum Gasteiger partial charge on any atom is -0.393 e. The summed E-state index contributed by atoms with van der Waals surface area (Å²) in [6, 6.07) is 0.225. The molecule has 0 spiro atoms. The molecule has 0 aromatic carbocycles. The van der Waals surface area contributed by atoms with Crippen LogP contribution in [-0.2, 0) is 9.59 Å². The van der Waals surface area contributed by atoms with Crippen molar-refractivity contribution in [1.82, 2.24) is 10.2 Å². The SMILES string of the molecule is CC1(C)C(=O)NC(=O)CN1C1CCC(O)CC1. The summed E-state index contributed by atoms with van der Waals surface area (Å²) in [7, 11) is 0. The number of nitrogens with zero attached hydrogens (tertiary/aromatic N) is 1. The Balaban J connectivity index is 2.12. The van der Waals surface area contributed by atoms with E-state index in [-0.39, 0.29) is 30.5 Å². The van der Waals surface area contributed by atoms with Gasteiger partial charge in [0.1, 0.15) is 0 Å². The molecule has 2 rings (SSSR count). The van der Waals surface area contributed by atoms with Gasteiger partial charge in [-0.25, -0.2) is 0 Å². The Hall–Kier alpha value is -0.940. The Morgan fingerprint density at radius 3 is 2.41 bits per heavy atom. The van der Waals surface area contributed by atoms with Crippen LogP contribution in [0, 0.1) is 0 Å². The maximum Gasteiger partial charge on any atom is 0.246 e. The number of aliphatic hydroxyl groups is 1. The number of hydrogen-bond donors (Lipinski definition) is 2. The molecule has 1 aliphatic heterocycles. The van der Waals surface area contributed by atoms with Crippen molar-refractivity contribution in [1.29, 1.82) is 0 Å². The lowest BCUT2D eigenvalue weighted by molar-refractivity contribution is -0.148. The molecule has 5 heteroatoms. The molecule has 5 nitrogen and oxygen atoms in total. The van der Waals surface area contributed by atoms with E-state index in [4.69, 9.17) is 0 Å². The van der Waals surface area contributed by atoms with Crippen molar-refractivity contribution in [2.75, 3.05) is 6.54 Å². The van der Waals surface area contributed by atoms with E-state index in [2.05, 4.69) is 5.32 Å². The zero-order chi connectivity index (χ0) is 12.6. The third-order valence-corrected chi connectivity index (χ3v) is 3.95. The number of imide groups is 1. The summed E-state index contributed by atoms with van der Waals surface area (Å²) in [5.74, 6) is -0.444. The van der Waals surface area contributed by atoms with Gasteiger partial charge in [0, 0.05) is 6.04 Å². The number of piperazine rings is 1. The monoisotopic (exact) mass is 240 g/mol. The average Bonchev–Trinajstić information content (AvgIpc) is 2.25. The number of carbonyl (C=O) groups is 2. The maximum absolute atomic E-state index is 11.8. The molecule has 0 unspecified atom stereocenters. The van der Waals surface area contributed by atoms with E-state index >= 15 is 0 Å². The van der Waals surface area contributed by atoms with E-state index < -0.39 is 5.54 Å². The van der Waals surface area contributed by atoms with Crippen molar-refractivity contribution >= 4 is 11.8 Å². The second-order valence-electron chi connectivity index (χ2n) is 5.53. The lowest BCUT2D eigenvalue weighted by Gasteiger charge is -2.46. The van der Waals surface area contributed by atoms with Crippen molar-refractivity contribution in [3.05, 3.63) is 0 Å². The number of rotatable bonds is 1. The summed E-state index contributed by atoms with van der Waals surface area (Å²) in [5, 5.41) is 11.9. The Morgan fingerprint density at radius 2 is 1.82 bits per heavy atom. The summed E-state index contributed by atoms with van der Waals surface area (Å²) in [5.41, 5.74) is -0.638. The standard InChI is InChI=1S/C12H20N2O3/c1-12(2)11(17)13-10(16)7-14(12)8-3-5-9(15)6-4-8/h8-9,15H,3-7H2,1-2H3,(H,13,16,17). The van der Waals surface area contributed by atoms with Crippen LogP contribution in [0.4, 0.5) is 0 Å². The molecule has 1 aliphatic carbocycles. The number of aliphatic hydroxyl groups excluding tert-OH is 1. The van der Waals surface area contributed by atoms with Gasteiger partial charge in [-0.3, -0.25) is 19.8 Å². The molecule has 1 saturated heterocycles. The fourth-order valence-corrected chi connectivity index (χ4v) is 2.76. The van der Waals surface area contributed by atoms with E-state index in [1.807, 2.05) is 18.7 Å². The highest BCUT2D eigenvalue weighted by molar-refractivity contribution is 6.02. The van der Waals surface area contributed by atoms with Gasteiger partial charge in [0.2, 0.25) is 11.8 Å². The van der Waals surface area contributed by atoms with Crippen molar-refractivity contribution in [2.24, 2.45) is 0 Å². The third-order valence-electron chi connectivity index (χ3n) is 3.95. The molecule has 2 N–H and O–H groups in total. The Morgan fingerprint density at radius 1 is 1.24 bits per heavy atom. The fourth-order valence-electron chi connectivity index (χ4n) is 2.76. The fraction of sp³-hybridized carbons (Fsp3) is 0.833. The Labute approximate surface area is 101 Å². The number of amides is 2. The van der Waals surface area contributed by atoms with Gasteiger partial charge < -0.3 is 5.11 Å². The highest BCUT2D eigenvalue weighted by Crippen LogP contribution is 2.29. The van der Waals surface area contributed by atoms with Crippen LogP contribution in [0.15, 0.2) is 0 Å². The molecular formula is C12H20N2O3. The third kappa shape index (κ3) is 2.35. The molecule has 0 aromatic heterocycles. The van der Waals surface area contributed by atoms with E-state index in [1.165, 1.54) is 0 Å². The minimum atomic E-state index is -0.638. The molecule has 96 valence electrons. The van der Waals surface area contributed by atoms with Gasteiger partial charge in [-0.05, 0) is 39.5 Å². The van der Waals surface area contributed by atoms with E-state index in [1.54, 1.807) is 0 Å². The van der Waals surface area contributed by atoms with E-state index in [0.29, 0.717) is 0 Å². The lowest BCUT2D eigenvalue weighted by Crippen LogP contribution is -2.66. The largest absolute Gasteiger partial charge is 0.393 e. The zero-order valence-corrected chi connectivity index (χ0v) is 10.4. The minimum absolute atomic E-state index is 0.219. The first kappa shape index (κ1) is 12.5. The molecule has 0 atom stereocenters. The van der Waals surface area contributed by atoms with Crippen molar-refractivity contribution in [2.45, 2.75) is 57.2 Å². The Kier molecular flexibility index (Phi) is 3.23. The normalized spacial score (nSPS) is 34.5. The predicted molar refractivity (Wildman–Crippen MR) is 62.2 cm³/mol. The van der Waals surface area contributed by atoms with Gasteiger partial charge in [-0.2, -0.15) is 0 Å². The first-order chi connectivity index (χ1) is 7.91. The molecule has 0 radical (unpaired) electrons. The van der Waals surface area contributed by atoms with Gasteiger partial charge in [0.05, 0.1) is 18.2 Å². The first-order valence-corrected chi connectivity index (χ1v) is 6.20. The van der Waals surface area contributed by atoms with Crippen LogP contribution in [0.2, 0.25) is 0 Å². The molecule has 0 aromatic rings. The van der Waals surface area contributed by atoms with Crippen molar-refractivity contribution in [3.63, 3.8) is 0 Å². The molecule has 1 heterocycles. The molecule has 2 aliphatic rings. The quantitative estimate of drug-likeness (QED) is 0.634.